The van der Waals surface area contributed by atoms with Crippen LogP contribution in [-0.2, 0) is 35.5 Å². The molecule has 0 bridgehead atoms. The highest BCUT2D eigenvalue weighted by Crippen LogP contribution is 2.40. The Morgan fingerprint density at radius 3 is 2.47 bits per heavy atom. The van der Waals surface area contributed by atoms with Crippen LogP contribution in [0, 0.1) is 18.3 Å². The van der Waals surface area contributed by atoms with Crippen LogP contribution in [0.25, 0.3) is 11.3 Å². The number of carboxylic acid groups (broad SMARTS) is 1. The Kier molecular flexibility index (Phi) is 9.59. The normalized spacial score (nSPS) is 16.4. The van der Waals surface area contributed by atoms with Crippen molar-refractivity contribution >= 4 is 23.9 Å². The average Bonchev–Trinajstić information content (AvgIpc) is 3.48. The fourth-order valence-corrected chi connectivity index (χ4v) is 7.02. The molecular formula is C36H40N8O3. The smallest absolute Gasteiger partial charge is 0.290 e. The van der Waals surface area contributed by atoms with Crippen molar-refractivity contribution in [2.45, 2.75) is 65.1 Å². The molecule has 1 amide bonds. The van der Waals surface area contributed by atoms with Gasteiger partial charge in [0, 0.05) is 68.6 Å². The molecule has 5 heterocycles. The summed E-state index contributed by atoms with van der Waals surface area (Å²) in [4.78, 5) is 27.6. The topological polar surface area (TPSA) is 131 Å². The third-order valence-corrected chi connectivity index (χ3v) is 9.45. The van der Waals surface area contributed by atoms with Gasteiger partial charge in [0.2, 0.25) is 5.91 Å². The Labute approximate surface area is 275 Å². The molecule has 0 radical (unpaired) electrons. The molecule has 3 aliphatic rings. The molecule has 242 valence electrons. The molecule has 11 heteroatoms. The molecule has 4 aromatic rings. The van der Waals surface area contributed by atoms with Crippen molar-refractivity contribution in [3.8, 4) is 17.3 Å². The Hall–Kier alpha value is -5.08. The van der Waals surface area contributed by atoms with Gasteiger partial charge >= 0.3 is 0 Å². The molecule has 7 rings (SSSR count). The molecule has 2 aromatic carbocycles. The van der Waals surface area contributed by atoms with Gasteiger partial charge in [-0.2, -0.15) is 20.6 Å². The fourth-order valence-electron chi connectivity index (χ4n) is 7.02. The van der Waals surface area contributed by atoms with Crippen molar-refractivity contribution in [1.82, 2.24) is 29.8 Å². The SMILES string of the molecule is CC(=O)N1CCc2c(c(N3CCCc4cc(C#N)ccc43)nn2C2CCN(Cc3ccc(-c4ccc(C)nn4)cc3)CC2)C1.O=CO. The van der Waals surface area contributed by atoms with Crippen LogP contribution in [0.5, 0.6) is 0 Å². The van der Waals surface area contributed by atoms with E-state index >= 15 is 0 Å². The zero-order chi connectivity index (χ0) is 32.9. The zero-order valence-electron chi connectivity index (χ0n) is 27.0. The van der Waals surface area contributed by atoms with Gasteiger partial charge < -0.3 is 14.9 Å². The predicted octanol–water partition coefficient (Wildman–Crippen LogP) is 5.05. The highest BCUT2D eigenvalue weighted by atomic mass is 16.3. The number of fused-ring (bicyclic) bond motifs is 2. The van der Waals surface area contributed by atoms with Crippen molar-refractivity contribution in [1.29, 1.82) is 5.26 Å². The standard InChI is InChI=1S/C35H38N8O.CH2O2/c1-24-5-11-32(38-37-24)28-9-6-26(7-10-28)22-40-17-13-30(14-18-40)43-34-15-19-41(25(2)44)23-31(34)35(39-43)42-16-3-4-29-20-27(21-36)8-12-33(29)42;2-1-3/h5-12,20,30H,3-4,13-19,22-23H2,1-2H3;1H,(H,2,3). The Balaban J connectivity index is 0.00000124. The lowest BCUT2D eigenvalue weighted by Crippen LogP contribution is -2.37. The number of rotatable bonds is 5. The van der Waals surface area contributed by atoms with E-state index in [9.17, 15) is 10.1 Å². The summed E-state index contributed by atoms with van der Waals surface area (Å²) >= 11 is 0. The molecule has 1 saturated heterocycles. The zero-order valence-corrected chi connectivity index (χ0v) is 27.0. The van der Waals surface area contributed by atoms with Crippen LogP contribution in [0.4, 0.5) is 11.5 Å². The van der Waals surface area contributed by atoms with Gasteiger partial charge in [0.1, 0.15) is 0 Å². The van der Waals surface area contributed by atoms with Crippen molar-refractivity contribution in [2.75, 3.05) is 31.1 Å². The lowest BCUT2D eigenvalue weighted by Gasteiger charge is -2.34. The first kappa shape index (κ1) is 31.9. The van der Waals surface area contributed by atoms with Gasteiger partial charge in [-0.25, -0.2) is 0 Å². The second-order valence-electron chi connectivity index (χ2n) is 12.5. The third kappa shape index (κ3) is 6.88. The summed E-state index contributed by atoms with van der Waals surface area (Å²) in [6.45, 7) is 8.55. The van der Waals surface area contributed by atoms with Gasteiger partial charge in [-0.1, -0.05) is 24.3 Å². The molecule has 0 saturated carbocycles. The Morgan fingerprint density at radius 1 is 1.02 bits per heavy atom. The van der Waals surface area contributed by atoms with E-state index in [1.165, 1.54) is 22.4 Å². The number of hydrogen-bond donors (Lipinski definition) is 1. The summed E-state index contributed by atoms with van der Waals surface area (Å²) in [7, 11) is 0. The number of piperidine rings is 1. The van der Waals surface area contributed by atoms with Gasteiger partial charge in [0.15, 0.2) is 5.82 Å². The first-order valence-electron chi connectivity index (χ1n) is 16.2. The lowest BCUT2D eigenvalue weighted by molar-refractivity contribution is -0.129. The number of nitriles is 1. The quantitative estimate of drug-likeness (QED) is 0.300. The van der Waals surface area contributed by atoms with E-state index in [0.29, 0.717) is 18.2 Å². The number of amides is 1. The monoisotopic (exact) mass is 632 g/mol. The maximum atomic E-state index is 12.4. The van der Waals surface area contributed by atoms with E-state index in [-0.39, 0.29) is 12.4 Å². The first-order chi connectivity index (χ1) is 22.9. The Bertz CT molecular complexity index is 1770. The van der Waals surface area contributed by atoms with E-state index < -0.39 is 0 Å². The van der Waals surface area contributed by atoms with E-state index in [2.05, 4.69) is 61.1 Å². The van der Waals surface area contributed by atoms with Gasteiger partial charge in [-0.3, -0.25) is 19.2 Å². The highest BCUT2D eigenvalue weighted by Gasteiger charge is 2.34. The van der Waals surface area contributed by atoms with E-state index in [1.807, 2.05) is 36.1 Å². The number of aryl methyl sites for hydroxylation is 2. The summed E-state index contributed by atoms with van der Waals surface area (Å²) in [6, 6.07) is 21.3. The summed E-state index contributed by atoms with van der Waals surface area (Å²) < 4.78 is 2.31. The van der Waals surface area contributed by atoms with Crippen LogP contribution < -0.4 is 4.90 Å². The van der Waals surface area contributed by atoms with Crippen LogP contribution in [-0.4, -0.2) is 73.4 Å². The van der Waals surface area contributed by atoms with Crippen molar-refractivity contribution in [3.05, 3.63) is 88.2 Å². The van der Waals surface area contributed by atoms with Crippen molar-refractivity contribution in [2.24, 2.45) is 0 Å². The third-order valence-electron chi connectivity index (χ3n) is 9.45. The van der Waals surface area contributed by atoms with Gasteiger partial charge in [-0.15, -0.1) is 0 Å². The van der Waals surface area contributed by atoms with Crippen LogP contribution >= 0.6 is 0 Å². The Morgan fingerprint density at radius 2 is 1.79 bits per heavy atom. The molecule has 11 nitrogen and oxygen atoms in total. The summed E-state index contributed by atoms with van der Waals surface area (Å²) in [5, 5.41) is 30.2. The van der Waals surface area contributed by atoms with Crippen LogP contribution in [0.2, 0.25) is 0 Å². The number of hydrogen-bond acceptors (Lipinski definition) is 8. The molecule has 1 fully saturated rings. The van der Waals surface area contributed by atoms with Crippen LogP contribution in [0.15, 0.2) is 54.6 Å². The number of benzene rings is 2. The predicted molar refractivity (Wildman–Crippen MR) is 178 cm³/mol. The largest absolute Gasteiger partial charge is 0.483 e. The fraction of sp³-hybridized carbons (Fsp3) is 0.389. The lowest BCUT2D eigenvalue weighted by atomic mass is 9.98. The molecule has 0 spiro atoms. The molecule has 0 atom stereocenters. The number of carbonyl (C=O) groups is 2. The first-order valence-corrected chi connectivity index (χ1v) is 16.2. The maximum absolute atomic E-state index is 12.4. The highest BCUT2D eigenvalue weighted by molar-refractivity contribution is 5.75. The summed E-state index contributed by atoms with van der Waals surface area (Å²) in [6.07, 6.45) is 4.89. The van der Waals surface area contributed by atoms with Crippen LogP contribution in [0.3, 0.4) is 0 Å². The van der Waals surface area contributed by atoms with Crippen molar-refractivity contribution < 1.29 is 14.7 Å². The summed E-state index contributed by atoms with van der Waals surface area (Å²) in [5.41, 5.74) is 9.72. The van der Waals surface area contributed by atoms with Gasteiger partial charge in [0.05, 0.1) is 35.6 Å². The van der Waals surface area contributed by atoms with Gasteiger partial charge in [-0.05, 0) is 74.1 Å². The minimum atomic E-state index is -0.250. The number of aromatic nitrogens is 4. The number of likely N-dealkylation sites (tertiary alicyclic amines) is 1. The van der Waals surface area contributed by atoms with Crippen LogP contribution in [0.1, 0.15) is 65.9 Å². The van der Waals surface area contributed by atoms with E-state index in [0.717, 1.165) is 93.3 Å². The average molecular weight is 633 g/mol. The molecule has 1 N–H and O–H groups in total. The molecule has 47 heavy (non-hydrogen) atoms. The van der Waals surface area contributed by atoms with E-state index in [4.69, 9.17) is 15.0 Å². The van der Waals surface area contributed by atoms with Crippen molar-refractivity contribution in [3.63, 3.8) is 0 Å². The second kappa shape index (κ2) is 14.1. The van der Waals surface area contributed by atoms with Gasteiger partial charge in [0.25, 0.3) is 6.47 Å². The van der Waals surface area contributed by atoms with E-state index in [1.54, 1.807) is 6.92 Å². The second-order valence-corrected chi connectivity index (χ2v) is 12.5. The summed E-state index contributed by atoms with van der Waals surface area (Å²) in [5.74, 6) is 1.09. The molecule has 3 aliphatic heterocycles. The number of anilines is 2. The minimum Gasteiger partial charge on any atom is -0.483 e. The number of carbonyl (C=O) groups excluding carboxylic acids is 1. The molecule has 0 aliphatic carbocycles. The number of nitrogens with zero attached hydrogens (tertiary/aromatic N) is 8. The molecule has 2 aromatic heterocycles. The maximum Gasteiger partial charge on any atom is 0.290 e. The molecule has 0 unspecified atom stereocenters. The molecular weight excluding hydrogens is 592 g/mol. The minimum absolute atomic E-state index is 0.111.